The predicted octanol–water partition coefficient (Wildman–Crippen LogP) is 0.133. The number of sulfone groups is 1. The molecule has 17 heavy (non-hydrogen) atoms. The molecule has 0 spiro atoms. The lowest BCUT2D eigenvalue weighted by molar-refractivity contribution is -0.138. The number of nitrogens with zero attached hydrogens (tertiary/aromatic N) is 1. The van der Waals surface area contributed by atoms with E-state index in [4.69, 9.17) is 5.11 Å². The fourth-order valence-corrected chi connectivity index (χ4v) is 1.66. The first-order valence-electron chi connectivity index (χ1n) is 5.17. The Morgan fingerprint density at radius 3 is 2.12 bits per heavy atom. The minimum Gasteiger partial charge on any atom is -0.481 e. The first-order valence-corrected chi connectivity index (χ1v) is 7.06. The summed E-state index contributed by atoms with van der Waals surface area (Å²) in [7, 11) is -2.03. The van der Waals surface area contributed by atoms with Crippen LogP contribution in [-0.4, -0.2) is 54.9 Å². The molecule has 0 aliphatic rings. The summed E-state index contributed by atoms with van der Waals surface area (Å²) in [5, 5.41) is 8.45. The highest BCUT2D eigenvalue weighted by Crippen LogP contribution is 2.18. The van der Waals surface area contributed by atoms with Gasteiger partial charge in [0.25, 0.3) is 0 Å². The Hall–Kier alpha value is -1.11. The number of carbonyl (C=O) groups excluding carboxylic acids is 1. The van der Waals surface area contributed by atoms with E-state index in [1.165, 1.54) is 25.8 Å². The Bertz CT molecular complexity index is 399. The lowest BCUT2D eigenvalue weighted by atomic mass is 10.1. The van der Waals surface area contributed by atoms with Crippen LogP contribution in [0.2, 0.25) is 0 Å². The summed E-state index contributed by atoms with van der Waals surface area (Å²) in [5.41, 5.74) is 0. The first-order chi connectivity index (χ1) is 7.50. The van der Waals surface area contributed by atoms with Crippen molar-refractivity contribution in [2.24, 2.45) is 0 Å². The highest BCUT2D eigenvalue weighted by atomic mass is 32.2. The third-order valence-corrected chi connectivity index (χ3v) is 4.70. The second-order valence-electron chi connectivity index (χ2n) is 4.51. The van der Waals surface area contributed by atoms with Gasteiger partial charge >= 0.3 is 5.97 Å². The standard InChI is InChI=1S/C10H19NO5S/c1-10(2,17(4,15)16)9(14)11(3)7-5-6-8(12)13/h5-7H2,1-4H3,(H,12,13). The SMILES string of the molecule is CN(CCCC(=O)O)C(=O)C(C)(C)S(C)(=O)=O. The summed E-state index contributed by atoms with van der Waals surface area (Å²) in [6.07, 6.45) is 1.27. The van der Waals surface area contributed by atoms with Crippen molar-refractivity contribution in [1.29, 1.82) is 0 Å². The molecule has 0 atom stereocenters. The van der Waals surface area contributed by atoms with Crippen LogP contribution in [0, 0.1) is 0 Å². The second-order valence-corrected chi connectivity index (χ2v) is 7.07. The fourth-order valence-electron chi connectivity index (χ4n) is 1.19. The van der Waals surface area contributed by atoms with Crippen molar-refractivity contribution in [1.82, 2.24) is 4.90 Å². The molecule has 1 amide bonds. The first kappa shape index (κ1) is 15.9. The number of carboxylic acids is 1. The van der Waals surface area contributed by atoms with Crippen LogP contribution in [0.5, 0.6) is 0 Å². The molecule has 7 heteroatoms. The summed E-state index contributed by atoms with van der Waals surface area (Å²) in [6, 6.07) is 0. The van der Waals surface area contributed by atoms with Gasteiger partial charge in [0, 0.05) is 26.3 Å². The predicted molar refractivity (Wildman–Crippen MR) is 63.4 cm³/mol. The quantitative estimate of drug-likeness (QED) is 0.737. The molecule has 0 radical (unpaired) electrons. The maximum absolute atomic E-state index is 11.9. The molecule has 100 valence electrons. The zero-order valence-corrected chi connectivity index (χ0v) is 11.4. The van der Waals surface area contributed by atoms with E-state index in [9.17, 15) is 18.0 Å². The number of amides is 1. The van der Waals surface area contributed by atoms with Gasteiger partial charge in [0.05, 0.1) is 0 Å². The van der Waals surface area contributed by atoms with E-state index in [1.807, 2.05) is 0 Å². The van der Waals surface area contributed by atoms with Gasteiger partial charge in [-0.25, -0.2) is 8.42 Å². The van der Waals surface area contributed by atoms with Crippen molar-refractivity contribution in [3.8, 4) is 0 Å². The zero-order chi connectivity index (χ0) is 13.9. The highest BCUT2D eigenvalue weighted by Gasteiger charge is 2.40. The van der Waals surface area contributed by atoms with Crippen LogP contribution in [0.15, 0.2) is 0 Å². The summed E-state index contributed by atoms with van der Waals surface area (Å²) >= 11 is 0. The Morgan fingerprint density at radius 1 is 1.29 bits per heavy atom. The summed E-state index contributed by atoms with van der Waals surface area (Å²) in [5.74, 6) is -1.46. The van der Waals surface area contributed by atoms with Gasteiger partial charge in [-0.3, -0.25) is 9.59 Å². The number of rotatable bonds is 6. The smallest absolute Gasteiger partial charge is 0.303 e. The van der Waals surface area contributed by atoms with Gasteiger partial charge in [-0.2, -0.15) is 0 Å². The van der Waals surface area contributed by atoms with Gasteiger partial charge in [0.1, 0.15) is 4.75 Å². The van der Waals surface area contributed by atoms with Gasteiger partial charge < -0.3 is 10.0 Å². The van der Waals surface area contributed by atoms with Crippen molar-refractivity contribution in [2.75, 3.05) is 19.8 Å². The molecule has 1 N–H and O–H groups in total. The molecule has 0 aliphatic carbocycles. The van der Waals surface area contributed by atoms with Crippen molar-refractivity contribution < 1.29 is 23.1 Å². The van der Waals surface area contributed by atoms with E-state index in [2.05, 4.69) is 0 Å². The van der Waals surface area contributed by atoms with Crippen LogP contribution in [0.4, 0.5) is 0 Å². The fraction of sp³-hybridized carbons (Fsp3) is 0.800. The van der Waals surface area contributed by atoms with E-state index in [0.717, 1.165) is 6.26 Å². The number of hydrogen-bond donors (Lipinski definition) is 1. The maximum Gasteiger partial charge on any atom is 0.303 e. The Balaban J connectivity index is 4.56. The molecular formula is C10H19NO5S. The monoisotopic (exact) mass is 265 g/mol. The normalized spacial score (nSPS) is 12.2. The molecule has 0 saturated heterocycles. The van der Waals surface area contributed by atoms with E-state index >= 15 is 0 Å². The van der Waals surface area contributed by atoms with Gasteiger partial charge in [-0.1, -0.05) is 0 Å². The maximum atomic E-state index is 11.9. The number of carbonyl (C=O) groups is 2. The van der Waals surface area contributed by atoms with Crippen LogP contribution in [-0.2, 0) is 19.4 Å². The molecule has 0 aromatic rings. The topological polar surface area (TPSA) is 91.8 Å². The van der Waals surface area contributed by atoms with E-state index in [1.54, 1.807) is 0 Å². The van der Waals surface area contributed by atoms with Crippen LogP contribution < -0.4 is 0 Å². The summed E-state index contributed by atoms with van der Waals surface area (Å²) < 4.78 is 21.4. The third-order valence-electron chi connectivity index (χ3n) is 2.67. The molecule has 0 heterocycles. The minimum absolute atomic E-state index is 0.0447. The van der Waals surface area contributed by atoms with Gasteiger partial charge in [-0.15, -0.1) is 0 Å². The van der Waals surface area contributed by atoms with E-state index in [0.29, 0.717) is 6.42 Å². The molecular weight excluding hydrogens is 246 g/mol. The third kappa shape index (κ3) is 4.33. The van der Waals surface area contributed by atoms with Crippen LogP contribution in [0.1, 0.15) is 26.7 Å². The number of carboxylic acid groups (broad SMARTS) is 1. The van der Waals surface area contributed by atoms with Gasteiger partial charge in [0.15, 0.2) is 9.84 Å². The molecule has 0 unspecified atom stereocenters. The van der Waals surface area contributed by atoms with Crippen molar-refractivity contribution in [3.05, 3.63) is 0 Å². The lowest BCUT2D eigenvalue weighted by Gasteiger charge is -2.27. The average Bonchev–Trinajstić information content (AvgIpc) is 2.13. The highest BCUT2D eigenvalue weighted by molar-refractivity contribution is 7.92. The number of aliphatic carboxylic acids is 1. The molecule has 0 fully saturated rings. The molecule has 0 aliphatic heterocycles. The van der Waals surface area contributed by atoms with Crippen molar-refractivity contribution in [2.45, 2.75) is 31.4 Å². The Kier molecular flexibility index (Phi) is 5.12. The molecule has 6 nitrogen and oxygen atoms in total. The molecule has 0 aromatic heterocycles. The largest absolute Gasteiger partial charge is 0.481 e. The van der Waals surface area contributed by atoms with Gasteiger partial charge in [0.2, 0.25) is 5.91 Å². The number of hydrogen-bond acceptors (Lipinski definition) is 4. The Labute approximate surface area is 102 Å². The lowest BCUT2D eigenvalue weighted by Crippen LogP contribution is -2.48. The Morgan fingerprint density at radius 2 is 1.76 bits per heavy atom. The molecule has 0 saturated carbocycles. The van der Waals surface area contributed by atoms with Crippen LogP contribution in [0.25, 0.3) is 0 Å². The average molecular weight is 265 g/mol. The van der Waals surface area contributed by atoms with E-state index in [-0.39, 0.29) is 13.0 Å². The van der Waals surface area contributed by atoms with Crippen LogP contribution >= 0.6 is 0 Å². The van der Waals surface area contributed by atoms with Gasteiger partial charge in [-0.05, 0) is 20.3 Å². The minimum atomic E-state index is -3.50. The summed E-state index contributed by atoms with van der Waals surface area (Å²) in [6.45, 7) is 2.92. The van der Waals surface area contributed by atoms with Crippen molar-refractivity contribution >= 4 is 21.7 Å². The second kappa shape index (κ2) is 5.48. The van der Waals surface area contributed by atoms with E-state index < -0.39 is 26.5 Å². The molecule has 0 rings (SSSR count). The molecule has 0 aromatic carbocycles. The zero-order valence-electron chi connectivity index (χ0n) is 10.6. The van der Waals surface area contributed by atoms with Crippen molar-refractivity contribution in [3.63, 3.8) is 0 Å². The van der Waals surface area contributed by atoms with Crippen LogP contribution in [0.3, 0.4) is 0 Å². The summed E-state index contributed by atoms with van der Waals surface area (Å²) in [4.78, 5) is 23.4. The molecule has 0 bridgehead atoms.